The molecule has 0 radical (unpaired) electrons. The molecule has 2 atom stereocenters. The van der Waals surface area contributed by atoms with E-state index in [-0.39, 0.29) is 19.4 Å². The minimum absolute atomic E-state index is 0.0347. The third kappa shape index (κ3) is 3.70. The molecule has 8 heteroatoms. The van der Waals surface area contributed by atoms with Crippen molar-refractivity contribution in [1.82, 2.24) is 4.90 Å². The topological polar surface area (TPSA) is 76.1 Å². The first-order valence-corrected chi connectivity index (χ1v) is 8.81. The number of ether oxygens (including phenoxy) is 2. The summed E-state index contributed by atoms with van der Waals surface area (Å²) in [5, 5.41) is 9.23. The number of aliphatic carboxylic acids is 1. The first-order valence-electron chi connectivity index (χ1n) is 8.81. The summed E-state index contributed by atoms with van der Waals surface area (Å²) < 4.78 is 38.8. The van der Waals surface area contributed by atoms with Gasteiger partial charge in [-0.05, 0) is 25.0 Å². The molecule has 1 aliphatic heterocycles. The highest BCUT2D eigenvalue weighted by atomic mass is 19.3. The van der Waals surface area contributed by atoms with Gasteiger partial charge in [0.1, 0.15) is 11.5 Å². The summed E-state index contributed by atoms with van der Waals surface area (Å²) in [5.41, 5.74) is -0.564. The van der Waals surface area contributed by atoms with Gasteiger partial charge in [-0.15, -0.1) is 0 Å². The molecule has 1 amide bonds. The summed E-state index contributed by atoms with van der Waals surface area (Å²) in [4.78, 5) is 25.8. The molecule has 1 saturated heterocycles. The first kappa shape index (κ1) is 19.4. The molecule has 27 heavy (non-hydrogen) atoms. The van der Waals surface area contributed by atoms with E-state index in [1.807, 2.05) is 0 Å². The number of carbonyl (C=O) groups excluding carboxylic acids is 1. The van der Waals surface area contributed by atoms with Gasteiger partial charge in [0.15, 0.2) is 0 Å². The van der Waals surface area contributed by atoms with Gasteiger partial charge in [-0.1, -0.05) is 0 Å². The number of methoxy groups -OCH3 is 2. The maximum absolute atomic E-state index is 14.2. The number of alkyl halides is 2. The molecule has 0 aromatic heterocycles. The fourth-order valence-corrected chi connectivity index (χ4v) is 4.30. The molecular weight excluding hydrogens is 360 g/mol. The van der Waals surface area contributed by atoms with E-state index >= 15 is 0 Å². The van der Waals surface area contributed by atoms with Crippen LogP contribution in [-0.4, -0.2) is 48.6 Å². The number of likely N-dealkylation sites (tertiary alicyclic amines) is 1. The Kier molecular flexibility index (Phi) is 5.01. The largest absolute Gasteiger partial charge is 0.497 e. The lowest BCUT2D eigenvalue weighted by Gasteiger charge is -2.39. The van der Waals surface area contributed by atoms with Crippen LogP contribution >= 0.6 is 0 Å². The molecular formula is C19H23F2NO5. The maximum Gasteiger partial charge on any atom is 0.306 e. The van der Waals surface area contributed by atoms with Gasteiger partial charge in [-0.25, -0.2) is 8.78 Å². The molecule has 2 unspecified atom stereocenters. The van der Waals surface area contributed by atoms with Gasteiger partial charge in [0.05, 0.1) is 25.6 Å². The summed E-state index contributed by atoms with van der Waals surface area (Å²) in [6, 6.07) is 5.20. The molecule has 2 fully saturated rings. The lowest BCUT2D eigenvalue weighted by molar-refractivity contribution is -0.163. The molecule has 1 aromatic carbocycles. The number of hydrogen-bond donors (Lipinski definition) is 1. The van der Waals surface area contributed by atoms with Gasteiger partial charge in [0.2, 0.25) is 11.8 Å². The van der Waals surface area contributed by atoms with Crippen molar-refractivity contribution in [2.75, 3.05) is 20.8 Å². The first-order chi connectivity index (χ1) is 12.7. The number of halogens is 2. The Hall–Kier alpha value is -2.38. The Balaban J connectivity index is 1.81. The molecule has 1 spiro atoms. The lowest BCUT2D eigenvalue weighted by atomic mass is 9.67. The van der Waals surface area contributed by atoms with Crippen molar-refractivity contribution < 1.29 is 33.0 Å². The quantitative estimate of drug-likeness (QED) is 0.846. The second kappa shape index (κ2) is 6.98. The van der Waals surface area contributed by atoms with Crippen molar-refractivity contribution in [3.8, 4) is 11.5 Å². The predicted octanol–water partition coefficient (Wildman–Crippen LogP) is 2.94. The van der Waals surface area contributed by atoms with Crippen LogP contribution in [0, 0.1) is 11.3 Å². The van der Waals surface area contributed by atoms with E-state index in [2.05, 4.69) is 0 Å². The zero-order valence-electron chi connectivity index (χ0n) is 15.3. The van der Waals surface area contributed by atoms with Gasteiger partial charge in [0.25, 0.3) is 0 Å². The van der Waals surface area contributed by atoms with Crippen LogP contribution in [0.4, 0.5) is 8.78 Å². The highest BCUT2D eigenvalue weighted by molar-refractivity contribution is 5.86. The number of carboxylic acid groups (broad SMARTS) is 1. The van der Waals surface area contributed by atoms with Crippen LogP contribution < -0.4 is 9.47 Å². The zero-order valence-corrected chi connectivity index (χ0v) is 15.3. The van der Waals surface area contributed by atoms with Crippen LogP contribution in [0.1, 0.15) is 31.2 Å². The number of amides is 1. The Morgan fingerprint density at radius 1 is 1.30 bits per heavy atom. The van der Waals surface area contributed by atoms with Crippen molar-refractivity contribution >= 4 is 11.9 Å². The highest BCUT2D eigenvalue weighted by Gasteiger charge is 2.58. The van der Waals surface area contributed by atoms with Crippen molar-refractivity contribution in [1.29, 1.82) is 0 Å². The van der Waals surface area contributed by atoms with Crippen molar-refractivity contribution in [2.45, 2.75) is 38.2 Å². The normalized spacial score (nSPS) is 27.0. The average molecular weight is 383 g/mol. The van der Waals surface area contributed by atoms with E-state index in [9.17, 15) is 23.5 Å². The van der Waals surface area contributed by atoms with Crippen LogP contribution in [0.15, 0.2) is 18.2 Å². The lowest BCUT2D eigenvalue weighted by Crippen LogP contribution is -2.46. The molecule has 1 aliphatic carbocycles. The number of hydrogen-bond acceptors (Lipinski definition) is 4. The molecule has 1 heterocycles. The SMILES string of the molecule is COc1ccc(CN2CCC3(CC(C(=O)O)CC(F)(F)C3)C2=O)c(OC)c1. The average Bonchev–Trinajstić information content (AvgIpc) is 2.89. The fourth-order valence-electron chi connectivity index (χ4n) is 4.30. The second-order valence-electron chi connectivity index (χ2n) is 7.41. The van der Waals surface area contributed by atoms with E-state index in [0.717, 1.165) is 5.56 Å². The van der Waals surface area contributed by atoms with Crippen LogP contribution in [0.3, 0.4) is 0 Å². The van der Waals surface area contributed by atoms with Gasteiger partial charge < -0.3 is 19.5 Å². The summed E-state index contributed by atoms with van der Waals surface area (Å²) in [6.45, 7) is 0.535. The molecule has 0 bridgehead atoms. The summed E-state index contributed by atoms with van der Waals surface area (Å²) in [6.07, 6.45) is -1.08. The second-order valence-corrected chi connectivity index (χ2v) is 7.41. The van der Waals surface area contributed by atoms with Crippen molar-refractivity contribution in [3.63, 3.8) is 0 Å². The molecule has 148 valence electrons. The molecule has 1 saturated carbocycles. The van der Waals surface area contributed by atoms with Gasteiger partial charge >= 0.3 is 5.97 Å². The van der Waals surface area contributed by atoms with Crippen LogP contribution in [0.25, 0.3) is 0 Å². The standard InChI is InChI=1S/C19H23F2NO5/c1-26-14-4-3-12(15(7-14)27-2)10-22-6-5-18(17(22)25)8-13(16(23)24)9-19(20,21)11-18/h3-4,7,13H,5-6,8-11H2,1-2H3,(H,23,24). The summed E-state index contributed by atoms with van der Waals surface area (Å²) in [7, 11) is 3.04. The van der Waals surface area contributed by atoms with E-state index in [1.54, 1.807) is 18.2 Å². The van der Waals surface area contributed by atoms with E-state index < -0.39 is 42.0 Å². The molecule has 3 rings (SSSR count). The van der Waals surface area contributed by atoms with Gasteiger partial charge in [-0.2, -0.15) is 0 Å². The smallest absolute Gasteiger partial charge is 0.306 e. The van der Waals surface area contributed by atoms with Crippen LogP contribution in [0.2, 0.25) is 0 Å². The monoisotopic (exact) mass is 383 g/mol. The minimum Gasteiger partial charge on any atom is -0.497 e. The molecule has 2 aliphatic rings. The minimum atomic E-state index is -3.15. The number of nitrogens with zero attached hydrogens (tertiary/aromatic N) is 1. The summed E-state index contributed by atoms with van der Waals surface area (Å²) in [5.74, 6) is -4.86. The van der Waals surface area contributed by atoms with Crippen LogP contribution in [-0.2, 0) is 16.1 Å². The molecule has 1 N–H and O–H groups in total. The third-order valence-corrected chi connectivity index (χ3v) is 5.59. The number of rotatable bonds is 5. The predicted molar refractivity (Wildman–Crippen MR) is 91.9 cm³/mol. The fraction of sp³-hybridized carbons (Fsp3) is 0.579. The highest BCUT2D eigenvalue weighted by Crippen LogP contribution is 2.52. The Morgan fingerprint density at radius 2 is 2.04 bits per heavy atom. The van der Waals surface area contributed by atoms with Crippen LogP contribution in [0.5, 0.6) is 11.5 Å². The maximum atomic E-state index is 14.2. The van der Waals surface area contributed by atoms with E-state index in [1.165, 1.54) is 19.1 Å². The van der Waals surface area contributed by atoms with E-state index in [0.29, 0.717) is 18.0 Å². The number of carbonyl (C=O) groups is 2. The van der Waals surface area contributed by atoms with Gasteiger partial charge in [0, 0.05) is 37.6 Å². The third-order valence-electron chi connectivity index (χ3n) is 5.59. The Labute approximate surface area is 156 Å². The molecule has 1 aromatic rings. The number of carboxylic acids is 1. The number of benzene rings is 1. The van der Waals surface area contributed by atoms with E-state index in [4.69, 9.17) is 9.47 Å². The van der Waals surface area contributed by atoms with Crippen molar-refractivity contribution in [3.05, 3.63) is 23.8 Å². The Morgan fingerprint density at radius 3 is 2.67 bits per heavy atom. The van der Waals surface area contributed by atoms with Crippen molar-refractivity contribution in [2.24, 2.45) is 11.3 Å². The van der Waals surface area contributed by atoms with Gasteiger partial charge in [-0.3, -0.25) is 9.59 Å². The molecule has 6 nitrogen and oxygen atoms in total. The summed E-state index contributed by atoms with van der Waals surface area (Å²) >= 11 is 0. The Bertz CT molecular complexity index is 754. The zero-order chi connectivity index (χ0) is 19.8.